The maximum absolute atomic E-state index is 7.17. The van der Waals surface area contributed by atoms with E-state index in [1.807, 2.05) is 0 Å². The van der Waals surface area contributed by atoms with Gasteiger partial charge < -0.3 is 30.1 Å². The fourth-order valence-corrected chi connectivity index (χ4v) is 0. The minimum atomic E-state index is -2.17. The summed E-state index contributed by atoms with van der Waals surface area (Å²) in [5.41, 5.74) is 0. The van der Waals surface area contributed by atoms with Crippen LogP contribution in [0.5, 0.6) is 0 Å². The molecule has 0 unspecified atom stereocenters. The van der Waals surface area contributed by atoms with Crippen LogP contribution < -0.4 is 0 Å². The van der Waals surface area contributed by atoms with Crippen molar-refractivity contribution in [1.29, 1.82) is 0 Å². The van der Waals surface area contributed by atoms with E-state index in [9.17, 15) is 0 Å². The Morgan fingerprint density at radius 3 is 0.455 bits per heavy atom. The SMILES string of the molecule is OB(O)O.OB(O)O.[Ni].[Ni].[Ni]. The molecule has 0 saturated carbocycles. The zero-order valence-corrected chi connectivity index (χ0v) is 7.75. The summed E-state index contributed by atoms with van der Waals surface area (Å²) in [6, 6.07) is 0. The maximum atomic E-state index is 7.17. The first kappa shape index (κ1) is 29.4. The van der Waals surface area contributed by atoms with Gasteiger partial charge in [0.25, 0.3) is 0 Å². The zero-order valence-electron chi connectivity index (χ0n) is 4.79. The van der Waals surface area contributed by atoms with Gasteiger partial charge in [0, 0.05) is 49.5 Å². The number of hydrogen-bond donors (Lipinski definition) is 6. The van der Waals surface area contributed by atoms with Gasteiger partial charge in [-0.05, 0) is 0 Å². The van der Waals surface area contributed by atoms with Gasteiger partial charge in [0.15, 0.2) is 0 Å². The second-order valence-electron chi connectivity index (χ2n) is 0.693. The molecule has 0 aromatic rings. The van der Waals surface area contributed by atoms with E-state index in [4.69, 9.17) is 30.1 Å². The summed E-state index contributed by atoms with van der Waals surface area (Å²) >= 11 is 0. The van der Waals surface area contributed by atoms with Crippen LogP contribution in [0.25, 0.3) is 0 Å². The molecule has 11 heavy (non-hydrogen) atoms. The molecule has 0 saturated heterocycles. The van der Waals surface area contributed by atoms with Crippen molar-refractivity contribution >= 4 is 14.6 Å². The van der Waals surface area contributed by atoms with Crippen molar-refractivity contribution in [2.24, 2.45) is 0 Å². The molecule has 0 aromatic heterocycles. The van der Waals surface area contributed by atoms with Gasteiger partial charge in [-0.3, -0.25) is 0 Å². The molecule has 6 nitrogen and oxygen atoms in total. The standard InChI is InChI=1S/2BH3O3.3Ni/c2*2-1(3)4;;;/h2*2-4H;;;. The summed E-state index contributed by atoms with van der Waals surface area (Å²) in [4.78, 5) is 0. The number of rotatable bonds is 0. The van der Waals surface area contributed by atoms with Crippen molar-refractivity contribution in [3.63, 3.8) is 0 Å². The van der Waals surface area contributed by atoms with Gasteiger partial charge >= 0.3 is 14.6 Å². The molecule has 0 aromatic carbocycles. The van der Waals surface area contributed by atoms with Crippen LogP contribution in [0.3, 0.4) is 0 Å². The van der Waals surface area contributed by atoms with Crippen LogP contribution in [0.2, 0.25) is 0 Å². The fraction of sp³-hybridized carbons (Fsp3) is 0. The van der Waals surface area contributed by atoms with E-state index >= 15 is 0 Å². The van der Waals surface area contributed by atoms with Gasteiger partial charge in [-0.25, -0.2) is 0 Å². The van der Waals surface area contributed by atoms with E-state index in [2.05, 4.69) is 0 Å². The van der Waals surface area contributed by atoms with E-state index in [0.29, 0.717) is 0 Å². The average molecular weight is 300 g/mol. The Labute approximate surface area is 94.1 Å². The molecule has 6 N–H and O–H groups in total. The Morgan fingerprint density at radius 1 is 0.455 bits per heavy atom. The Hall–Kier alpha value is 1.37. The largest absolute Gasteiger partial charge is 0.631 e. The molecule has 0 rings (SSSR count). The fourth-order valence-electron chi connectivity index (χ4n) is 0. The van der Waals surface area contributed by atoms with Crippen LogP contribution in [0.1, 0.15) is 0 Å². The molecule has 0 heterocycles. The minimum Gasteiger partial charge on any atom is -0.402 e. The number of hydrogen-bond acceptors (Lipinski definition) is 6. The molecule has 0 spiro atoms. The average Bonchev–Trinajstić information content (AvgIpc) is 1.25. The summed E-state index contributed by atoms with van der Waals surface area (Å²) in [6.45, 7) is 0. The van der Waals surface area contributed by atoms with Gasteiger partial charge in [-0.1, -0.05) is 0 Å². The Balaban J connectivity index is -0.0000000171. The van der Waals surface area contributed by atoms with Crippen LogP contribution in [0.4, 0.5) is 0 Å². The summed E-state index contributed by atoms with van der Waals surface area (Å²) in [5, 5.41) is 43.0. The topological polar surface area (TPSA) is 121 Å². The summed E-state index contributed by atoms with van der Waals surface area (Å²) in [6.07, 6.45) is 0. The van der Waals surface area contributed by atoms with Gasteiger partial charge in [0.05, 0.1) is 0 Å². The minimum absolute atomic E-state index is 0. The summed E-state index contributed by atoms with van der Waals surface area (Å²) in [5.74, 6) is 0. The van der Waals surface area contributed by atoms with Gasteiger partial charge in [0.2, 0.25) is 0 Å². The molecular formula is H6B2Ni3O6. The van der Waals surface area contributed by atoms with Crippen molar-refractivity contribution in [1.82, 2.24) is 0 Å². The third-order valence-corrected chi connectivity index (χ3v) is 0. The van der Waals surface area contributed by atoms with Gasteiger partial charge in [0.1, 0.15) is 0 Å². The van der Waals surface area contributed by atoms with E-state index in [-0.39, 0.29) is 49.5 Å². The summed E-state index contributed by atoms with van der Waals surface area (Å²) in [7, 11) is -4.33. The Morgan fingerprint density at radius 2 is 0.455 bits per heavy atom. The van der Waals surface area contributed by atoms with E-state index in [1.54, 1.807) is 0 Å². The third-order valence-electron chi connectivity index (χ3n) is 0. The van der Waals surface area contributed by atoms with Crippen molar-refractivity contribution in [3.05, 3.63) is 0 Å². The Kier molecular flexibility index (Phi) is 60.2. The first-order valence-corrected chi connectivity index (χ1v) is 1.55. The molecule has 78 valence electrons. The maximum Gasteiger partial charge on any atom is 0.631 e. The molecule has 0 amide bonds. The second-order valence-corrected chi connectivity index (χ2v) is 0.693. The second kappa shape index (κ2) is 22.5. The Bertz CT molecular complexity index is 31.3. The first-order chi connectivity index (χ1) is 3.46. The van der Waals surface area contributed by atoms with Crippen molar-refractivity contribution in [2.75, 3.05) is 0 Å². The van der Waals surface area contributed by atoms with Crippen molar-refractivity contribution < 1.29 is 79.6 Å². The monoisotopic (exact) mass is 298 g/mol. The molecule has 0 fully saturated rings. The van der Waals surface area contributed by atoms with Crippen molar-refractivity contribution in [3.8, 4) is 0 Å². The predicted octanol–water partition coefficient (Wildman–Crippen LogP) is -4.11. The van der Waals surface area contributed by atoms with Crippen LogP contribution in [0, 0.1) is 0 Å². The molecule has 0 bridgehead atoms. The third kappa shape index (κ3) is 532. The smallest absolute Gasteiger partial charge is 0.402 e. The molecule has 0 aliphatic heterocycles. The van der Waals surface area contributed by atoms with Crippen LogP contribution in [-0.2, 0) is 49.5 Å². The van der Waals surface area contributed by atoms with Crippen molar-refractivity contribution in [2.45, 2.75) is 0 Å². The van der Waals surface area contributed by atoms with Crippen LogP contribution >= 0.6 is 0 Å². The molecule has 11 heteroatoms. The molecule has 0 radical (unpaired) electrons. The molecular weight excluding hydrogens is 294 g/mol. The van der Waals surface area contributed by atoms with E-state index < -0.39 is 14.6 Å². The first-order valence-electron chi connectivity index (χ1n) is 1.55. The molecule has 0 aliphatic rings. The van der Waals surface area contributed by atoms with Gasteiger partial charge in [-0.2, -0.15) is 0 Å². The predicted molar refractivity (Wildman–Crippen MR) is 24.8 cm³/mol. The van der Waals surface area contributed by atoms with E-state index in [1.165, 1.54) is 0 Å². The summed E-state index contributed by atoms with van der Waals surface area (Å²) < 4.78 is 0. The normalized spacial score (nSPS) is 4.91. The van der Waals surface area contributed by atoms with Crippen LogP contribution in [0.15, 0.2) is 0 Å². The van der Waals surface area contributed by atoms with E-state index in [0.717, 1.165) is 0 Å². The quantitative estimate of drug-likeness (QED) is 0.253. The zero-order chi connectivity index (χ0) is 7.15. The molecule has 0 aliphatic carbocycles. The molecule has 0 atom stereocenters. The van der Waals surface area contributed by atoms with Gasteiger partial charge in [-0.15, -0.1) is 0 Å². The van der Waals surface area contributed by atoms with Crippen LogP contribution in [-0.4, -0.2) is 44.8 Å².